The van der Waals surface area contributed by atoms with Crippen LogP contribution >= 0.6 is 11.3 Å². The summed E-state index contributed by atoms with van der Waals surface area (Å²) in [5, 5.41) is 10.6. The molecule has 2 aromatic heterocycles. The molecule has 1 aromatic carbocycles. The number of carbonyl (C=O) groups excluding carboxylic acids is 1. The molecule has 0 aliphatic carbocycles. The van der Waals surface area contributed by atoms with E-state index in [4.69, 9.17) is 14.9 Å². The van der Waals surface area contributed by atoms with Gasteiger partial charge in [-0.15, -0.1) is 0 Å². The molecule has 2 atom stereocenters. The number of thiazole rings is 1. The molecule has 2 fully saturated rings. The Morgan fingerprint density at radius 1 is 1.20 bits per heavy atom. The fourth-order valence-electron chi connectivity index (χ4n) is 4.13. The van der Waals surface area contributed by atoms with E-state index in [9.17, 15) is 13.2 Å². The number of benzene rings is 1. The lowest BCUT2D eigenvalue weighted by Gasteiger charge is -2.12. The van der Waals surface area contributed by atoms with Crippen LogP contribution in [0, 0.1) is 5.41 Å². The Morgan fingerprint density at radius 3 is 2.69 bits per heavy atom. The van der Waals surface area contributed by atoms with Gasteiger partial charge < -0.3 is 14.4 Å². The van der Waals surface area contributed by atoms with E-state index in [-0.39, 0.29) is 23.3 Å². The second kappa shape index (κ2) is 9.61. The van der Waals surface area contributed by atoms with Gasteiger partial charge in [0.15, 0.2) is 15.0 Å². The molecule has 0 spiro atoms. The maximum atomic E-state index is 12.7. The van der Waals surface area contributed by atoms with Crippen LogP contribution in [0.4, 0.5) is 5.13 Å². The number of sulfone groups is 1. The summed E-state index contributed by atoms with van der Waals surface area (Å²) in [6.45, 7) is 2.46. The number of aromatic nitrogens is 2. The molecule has 4 heterocycles. The number of hydrogen-bond donors (Lipinski definition) is 2. The molecular weight excluding hydrogens is 490 g/mol. The van der Waals surface area contributed by atoms with Crippen molar-refractivity contribution in [3.05, 3.63) is 42.0 Å². The summed E-state index contributed by atoms with van der Waals surface area (Å²) in [6.07, 6.45) is 1.51. The van der Waals surface area contributed by atoms with E-state index < -0.39 is 21.0 Å². The Labute approximate surface area is 206 Å². The average Bonchev–Trinajstić information content (AvgIpc) is 3.60. The minimum atomic E-state index is -3.50. The molecule has 35 heavy (non-hydrogen) atoms. The quantitative estimate of drug-likeness (QED) is 0.458. The van der Waals surface area contributed by atoms with Crippen molar-refractivity contribution in [1.29, 1.82) is 5.41 Å². The Kier molecular flexibility index (Phi) is 6.53. The number of likely N-dealkylation sites (N-methyl/N-ethyl adjacent to an activating group) is 1. The SMILES string of the molecule is CN1CC[C@H](Oc2ccc3nc(NC(=O)C(=N)c4ccc(S(=O)(=O)C5CCOC5)cc4)sc3n2)C1. The lowest BCUT2D eigenvalue weighted by atomic mass is 10.1. The third-order valence-corrected chi connectivity index (χ3v) is 9.17. The topological polar surface area (TPSA) is 135 Å². The first-order chi connectivity index (χ1) is 16.8. The van der Waals surface area contributed by atoms with Crippen LogP contribution in [0.2, 0.25) is 0 Å². The number of nitrogens with one attached hydrogen (secondary N) is 2. The van der Waals surface area contributed by atoms with E-state index in [1.807, 2.05) is 0 Å². The van der Waals surface area contributed by atoms with Gasteiger partial charge in [0.2, 0.25) is 5.88 Å². The van der Waals surface area contributed by atoms with Crippen molar-refractivity contribution >= 4 is 48.3 Å². The maximum absolute atomic E-state index is 12.7. The van der Waals surface area contributed by atoms with Crippen molar-refractivity contribution in [2.24, 2.45) is 0 Å². The van der Waals surface area contributed by atoms with E-state index in [1.54, 1.807) is 12.1 Å². The van der Waals surface area contributed by atoms with E-state index in [0.717, 1.165) is 19.5 Å². The molecule has 0 saturated carbocycles. The second-order valence-electron chi connectivity index (χ2n) is 8.67. The molecule has 2 aliphatic rings. The highest BCUT2D eigenvalue weighted by molar-refractivity contribution is 7.92. The Morgan fingerprint density at radius 2 is 2.00 bits per heavy atom. The summed E-state index contributed by atoms with van der Waals surface area (Å²) >= 11 is 1.20. The fourth-order valence-corrected chi connectivity index (χ4v) is 6.54. The monoisotopic (exact) mass is 515 g/mol. The summed E-state index contributed by atoms with van der Waals surface area (Å²) in [6, 6.07) is 9.35. The van der Waals surface area contributed by atoms with Gasteiger partial charge in [0.1, 0.15) is 22.2 Å². The molecule has 0 radical (unpaired) electrons. The highest BCUT2D eigenvalue weighted by atomic mass is 32.2. The molecule has 2 aliphatic heterocycles. The van der Waals surface area contributed by atoms with Crippen LogP contribution in [0.1, 0.15) is 18.4 Å². The van der Waals surface area contributed by atoms with Crippen LogP contribution < -0.4 is 10.1 Å². The summed E-state index contributed by atoms with van der Waals surface area (Å²) in [4.78, 5) is 24.5. The van der Waals surface area contributed by atoms with Gasteiger partial charge in [-0.1, -0.05) is 23.5 Å². The van der Waals surface area contributed by atoms with Gasteiger partial charge in [0.25, 0.3) is 5.91 Å². The zero-order chi connectivity index (χ0) is 24.6. The van der Waals surface area contributed by atoms with Crippen molar-refractivity contribution < 1.29 is 22.7 Å². The summed E-state index contributed by atoms with van der Waals surface area (Å²) < 4.78 is 36.5. The van der Waals surface area contributed by atoms with Crippen molar-refractivity contribution in [2.75, 3.05) is 38.7 Å². The molecular formula is C23H25N5O5S2. The standard InChI is InChI=1S/C23H25N5O5S2/c1-28-10-8-15(12-28)33-19-7-6-18-22(26-19)34-23(25-18)27-21(29)20(24)14-2-4-16(5-3-14)35(30,31)17-9-11-32-13-17/h2-7,15,17,24H,8-13H2,1H3,(H,25,27,29)/t15-,17?/m0/s1. The average molecular weight is 516 g/mol. The molecule has 0 bridgehead atoms. The molecule has 12 heteroatoms. The third kappa shape index (κ3) is 5.06. The molecule has 10 nitrogen and oxygen atoms in total. The zero-order valence-corrected chi connectivity index (χ0v) is 20.7. The number of nitrogens with zero attached hydrogens (tertiary/aromatic N) is 3. The molecule has 5 rings (SSSR count). The van der Waals surface area contributed by atoms with Crippen LogP contribution in [0.3, 0.4) is 0 Å². The molecule has 2 N–H and O–H groups in total. The van der Waals surface area contributed by atoms with E-state index in [0.29, 0.717) is 39.9 Å². The van der Waals surface area contributed by atoms with Crippen LogP contribution in [0.25, 0.3) is 10.3 Å². The van der Waals surface area contributed by atoms with Crippen LogP contribution in [-0.2, 0) is 19.4 Å². The number of likely N-dealkylation sites (tertiary alicyclic amines) is 1. The number of anilines is 1. The predicted molar refractivity (Wildman–Crippen MR) is 132 cm³/mol. The first kappa shape index (κ1) is 23.8. The second-order valence-corrected chi connectivity index (χ2v) is 11.9. The Hall–Kier alpha value is -2.93. The van der Waals surface area contributed by atoms with Gasteiger partial charge in [-0.3, -0.25) is 15.5 Å². The number of rotatable bonds is 7. The number of amides is 1. The van der Waals surface area contributed by atoms with Crippen molar-refractivity contribution in [3.63, 3.8) is 0 Å². The molecule has 1 unspecified atom stereocenters. The van der Waals surface area contributed by atoms with E-state index in [2.05, 4.69) is 27.2 Å². The predicted octanol–water partition coefficient (Wildman–Crippen LogP) is 2.34. The lowest BCUT2D eigenvalue weighted by molar-refractivity contribution is -0.110. The zero-order valence-electron chi connectivity index (χ0n) is 19.1. The van der Waals surface area contributed by atoms with Gasteiger partial charge in [0.05, 0.1) is 16.8 Å². The largest absolute Gasteiger partial charge is 0.473 e. The minimum Gasteiger partial charge on any atom is -0.473 e. The van der Waals surface area contributed by atoms with Crippen molar-refractivity contribution in [1.82, 2.24) is 14.9 Å². The Bertz CT molecular complexity index is 1370. The van der Waals surface area contributed by atoms with Crippen molar-refractivity contribution in [3.8, 4) is 5.88 Å². The van der Waals surface area contributed by atoms with E-state index >= 15 is 0 Å². The van der Waals surface area contributed by atoms with Gasteiger partial charge in [0, 0.05) is 31.3 Å². The third-order valence-electron chi connectivity index (χ3n) is 6.11. The number of ether oxygens (including phenoxy) is 2. The van der Waals surface area contributed by atoms with Crippen molar-refractivity contribution in [2.45, 2.75) is 29.1 Å². The van der Waals surface area contributed by atoms with Crippen LogP contribution in [-0.4, -0.2) is 79.6 Å². The summed E-state index contributed by atoms with van der Waals surface area (Å²) in [7, 11) is -1.45. The molecule has 184 valence electrons. The van der Waals surface area contributed by atoms with Crippen LogP contribution in [0.5, 0.6) is 5.88 Å². The van der Waals surface area contributed by atoms with Gasteiger partial charge in [-0.25, -0.2) is 18.4 Å². The number of carbonyl (C=O) groups is 1. The maximum Gasteiger partial charge on any atom is 0.275 e. The van der Waals surface area contributed by atoms with Gasteiger partial charge >= 0.3 is 0 Å². The Balaban J connectivity index is 1.25. The minimum absolute atomic E-state index is 0.102. The molecule has 3 aromatic rings. The normalized spacial score (nSPS) is 20.8. The first-order valence-corrected chi connectivity index (χ1v) is 13.6. The number of fused-ring (bicyclic) bond motifs is 1. The number of hydrogen-bond acceptors (Lipinski definition) is 10. The van der Waals surface area contributed by atoms with Crippen LogP contribution in [0.15, 0.2) is 41.3 Å². The van der Waals surface area contributed by atoms with Gasteiger partial charge in [-0.05, 0) is 38.1 Å². The first-order valence-electron chi connectivity index (χ1n) is 11.2. The lowest BCUT2D eigenvalue weighted by Crippen LogP contribution is -2.23. The fraction of sp³-hybridized carbons (Fsp3) is 0.391. The highest BCUT2D eigenvalue weighted by Gasteiger charge is 2.31. The molecule has 2 saturated heterocycles. The summed E-state index contributed by atoms with van der Waals surface area (Å²) in [5.74, 6) is -0.124. The van der Waals surface area contributed by atoms with Gasteiger partial charge in [-0.2, -0.15) is 0 Å². The summed E-state index contributed by atoms with van der Waals surface area (Å²) in [5.41, 5.74) is 0.637. The van der Waals surface area contributed by atoms with E-state index in [1.165, 1.54) is 35.6 Å². The smallest absolute Gasteiger partial charge is 0.275 e. The molecule has 1 amide bonds. The number of pyridine rings is 1. The highest BCUT2D eigenvalue weighted by Crippen LogP contribution is 2.28.